The van der Waals surface area contributed by atoms with Crippen molar-refractivity contribution >= 4 is 28.3 Å². The quantitative estimate of drug-likeness (QED) is 0.900. The third kappa shape index (κ3) is 3.38. The SMILES string of the molecule is CCC[C@H](N)c1cc(C#N)cc(Br)c1O.Cl. The molecule has 0 aliphatic rings. The predicted octanol–water partition coefficient (Wildman–Crippen LogP) is 3.25. The first-order chi connectivity index (χ1) is 7.10. The minimum Gasteiger partial charge on any atom is -0.506 e. The van der Waals surface area contributed by atoms with E-state index in [9.17, 15) is 5.11 Å². The first kappa shape index (κ1) is 15.2. The van der Waals surface area contributed by atoms with Crippen molar-refractivity contribution in [1.29, 1.82) is 5.26 Å². The maximum absolute atomic E-state index is 9.78. The van der Waals surface area contributed by atoms with Gasteiger partial charge < -0.3 is 10.8 Å². The molecule has 3 nitrogen and oxygen atoms in total. The average Bonchev–Trinajstić information content (AvgIpc) is 2.22. The van der Waals surface area contributed by atoms with Gasteiger partial charge in [-0.3, -0.25) is 0 Å². The van der Waals surface area contributed by atoms with Crippen molar-refractivity contribution in [2.24, 2.45) is 5.73 Å². The average molecular weight is 306 g/mol. The molecular weight excluding hydrogens is 291 g/mol. The van der Waals surface area contributed by atoms with Gasteiger partial charge in [0.1, 0.15) is 5.75 Å². The van der Waals surface area contributed by atoms with Gasteiger partial charge in [-0.15, -0.1) is 12.4 Å². The van der Waals surface area contributed by atoms with E-state index in [4.69, 9.17) is 11.0 Å². The molecule has 0 aliphatic heterocycles. The normalized spacial score (nSPS) is 11.4. The topological polar surface area (TPSA) is 70.0 Å². The molecule has 0 aromatic heterocycles. The van der Waals surface area contributed by atoms with Crippen LogP contribution in [0.3, 0.4) is 0 Å². The third-order valence-electron chi connectivity index (χ3n) is 2.22. The van der Waals surface area contributed by atoms with Crippen molar-refractivity contribution in [2.75, 3.05) is 0 Å². The largest absolute Gasteiger partial charge is 0.506 e. The number of phenolic OH excluding ortho intramolecular Hbond substituents is 1. The molecule has 1 aromatic carbocycles. The number of phenols is 1. The molecule has 0 spiro atoms. The van der Waals surface area contributed by atoms with E-state index in [0.29, 0.717) is 15.6 Å². The van der Waals surface area contributed by atoms with Gasteiger partial charge in [0.25, 0.3) is 0 Å². The monoisotopic (exact) mass is 304 g/mol. The Morgan fingerprint density at radius 1 is 1.56 bits per heavy atom. The lowest BCUT2D eigenvalue weighted by atomic mass is 10.0. The fourth-order valence-electron chi connectivity index (χ4n) is 1.43. The first-order valence-electron chi connectivity index (χ1n) is 4.78. The molecule has 3 N–H and O–H groups in total. The molecule has 16 heavy (non-hydrogen) atoms. The molecule has 1 aromatic rings. The van der Waals surface area contributed by atoms with Gasteiger partial charge in [0, 0.05) is 11.6 Å². The lowest BCUT2D eigenvalue weighted by molar-refractivity contribution is 0.454. The van der Waals surface area contributed by atoms with Crippen molar-refractivity contribution in [2.45, 2.75) is 25.8 Å². The van der Waals surface area contributed by atoms with Crippen LogP contribution in [0, 0.1) is 11.3 Å². The maximum atomic E-state index is 9.78. The van der Waals surface area contributed by atoms with Crippen LogP contribution < -0.4 is 5.73 Å². The van der Waals surface area contributed by atoms with Gasteiger partial charge in [0.15, 0.2) is 0 Å². The lowest BCUT2D eigenvalue weighted by Crippen LogP contribution is -2.10. The Kier molecular flexibility index (Phi) is 6.42. The number of rotatable bonds is 3. The van der Waals surface area contributed by atoms with Crippen LogP contribution in [0.5, 0.6) is 5.75 Å². The fourth-order valence-corrected chi connectivity index (χ4v) is 1.91. The highest BCUT2D eigenvalue weighted by Crippen LogP contribution is 2.33. The second-order valence-electron chi connectivity index (χ2n) is 3.40. The molecule has 0 aliphatic carbocycles. The van der Waals surface area contributed by atoms with Gasteiger partial charge in [0.05, 0.1) is 16.1 Å². The molecular formula is C11H14BrClN2O. The van der Waals surface area contributed by atoms with E-state index >= 15 is 0 Å². The summed E-state index contributed by atoms with van der Waals surface area (Å²) >= 11 is 3.20. The molecule has 0 fully saturated rings. The number of nitrogens with zero attached hydrogens (tertiary/aromatic N) is 1. The molecule has 0 radical (unpaired) electrons. The van der Waals surface area contributed by atoms with Gasteiger partial charge in [-0.1, -0.05) is 13.3 Å². The second-order valence-corrected chi connectivity index (χ2v) is 4.26. The van der Waals surface area contributed by atoms with Crippen LogP contribution in [0.4, 0.5) is 0 Å². The zero-order valence-electron chi connectivity index (χ0n) is 8.90. The number of halogens is 2. The Morgan fingerprint density at radius 3 is 2.69 bits per heavy atom. The number of benzene rings is 1. The molecule has 0 heterocycles. The van der Waals surface area contributed by atoms with Gasteiger partial charge in [-0.2, -0.15) is 5.26 Å². The minimum atomic E-state index is -0.223. The van der Waals surface area contributed by atoms with Gasteiger partial charge in [-0.25, -0.2) is 0 Å². The highest BCUT2D eigenvalue weighted by Gasteiger charge is 2.14. The highest BCUT2D eigenvalue weighted by atomic mass is 79.9. The summed E-state index contributed by atoms with van der Waals surface area (Å²) < 4.78 is 0.517. The predicted molar refractivity (Wildman–Crippen MR) is 69.6 cm³/mol. The number of hydrogen-bond donors (Lipinski definition) is 2. The molecule has 88 valence electrons. The van der Waals surface area contributed by atoms with E-state index in [0.717, 1.165) is 12.8 Å². The summed E-state index contributed by atoms with van der Waals surface area (Å²) in [6.07, 6.45) is 1.73. The Hall–Kier alpha value is -0.760. The molecule has 0 bridgehead atoms. The standard InChI is InChI=1S/C11H13BrN2O.ClH/c1-2-3-10(14)8-4-7(6-13)5-9(12)11(8)15;/h4-5,10,15H,2-3,14H2,1H3;1H/t10-;/m0./s1. The summed E-state index contributed by atoms with van der Waals surface area (Å²) in [5.74, 6) is 0.134. The van der Waals surface area contributed by atoms with Crippen LogP contribution in [0.25, 0.3) is 0 Å². The molecule has 1 rings (SSSR count). The van der Waals surface area contributed by atoms with Crippen molar-refractivity contribution < 1.29 is 5.11 Å². The maximum Gasteiger partial charge on any atom is 0.134 e. The third-order valence-corrected chi connectivity index (χ3v) is 2.83. The smallest absolute Gasteiger partial charge is 0.134 e. The van der Waals surface area contributed by atoms with Crippen LogP contribution in [0.1, 0.15) is 36.9 Å². The molecule has 0 unspecified atom stereocenters. The van der Waals surface area contributed by atoms with Crippen LogP contribution >= 0.6 is 28.3 Å². The zero-order valence-corrected chi connectivity index (χ0v) is 11.3. The van der Waals surface area contributed by atoms with Crippen molar-refractivity contribution in [1.82, 2.24) is 0 Å². The minimum absolute atomic E-state index is 0. The van der Waals surface area contributed by atoms with E-state index in [2.05, 4.69) is 15.9 Å². The zero-order chi connectivity index (χ0) is 11.4. The van der Waals surface area contributed by atoms with E-state index in [1.54, 1.807) is 12.1 Å². The van der Waals surface area contributed by atoms with Gasteiger partial charge in [-0.05, 0) is 34.5 Å². The summed E-state index contributed by atoms with van der Waals surface area (Å²) in [4.78, 5) is 0. The Morgan fingerprint density at radius 2 is 2.19 bits per heavy atom. The Balaban J connectivity index is 0.00000225. The van der Waals surface area contributed by atoms with Gasteiger partial charge >= 0.3 is 0 Å². The number of nitriles is 1. The molecule has 0 saturated heterocycles. The van der Waals surface area contributed by atoms with Crippen LogP contribution in [-0.4, -0.2) is 5.11 Å². The molecule has 5 heteroatoms. The van der Waals surface area contributed by atoms with E-state index < -0.39 is 0 Å². The summed E-state index contributed by atoms with van der Waals surface area (Å²) in [6.45, 7) is 2.03. The lowest BCUT2D eigenvalue weighted by Gasteiger charge is -2.13. The highest BCUT2D eigenvalue weighted by molar-refractivity contribution is 9.10. The van der Waals surface area contributed by atoms with Crippen LogP contribution in [-0.2, 0) is 0 Å². The van der Waals surface area contributed by atoms with E-state index in [-0.39, 0.29) is 24.2 Å². The number of aromatic hydroxyl groups is 1. The van der Waals surface area contributed by atoms with Crippen LogP contribution in [0.15, 0.2) is 16.6 Å². The van der Waals surface area contributed by atoms with Crippen molar-refractivity contribution in [3.8, 4) is 11.8 Å². The van der Waals surface area contributed by atoms with E-state index in [1.165, 1.54) is 0 Å². The summed E-state index contributed by atoms with van der Waals surface area (Å²) in [5.41, 5.74) is 7.04. The Labute approximate surface area is 110 Å². The number of nitrogens with two attached hydrogens (primary N) is 1. The fraction of sp³-hybridized carbons (Fsp3) is 0.364. The second kappa shape index (κ2) is 6.74. The molecule has 0 saturated carbocycles. The molecule has 1 atom stereocenters. The Bertz CT molecular complexity index is 404. The summed E-state index contributed by atoms with van der Waals surface area (Å²) in [6, 6.07) is 5.03. The first-order valence-corrected chi connectivity index (χ1v) is 5.57. The van der Waals surface area contributed by atoms with E-state index in [1.807, 2.05) is 13.0 Å². The van der Waals surface area contributed by atoms with Gasteiger partial charge in [0.2, 0.25) is 0 Å². The van der Waals surface area contributed by atoms with Crippen molar-refractivity contribution in [3.05, 3.63) is 27.7 Å². The van der Waals surface area contributed by atoms with Crippen molar-refractivity contribution in [3.63, 3.8) is 0 Å². The summed E-state index contributed by atoms with van der Waals surface area (Å²) in [7, 11) is 0. The number of hydrogen-bond acceptors (Lipinski definition) is 3. The van der Waals surface area contributed by atoms with Crippen LogP contribution in [0.2, 0.25) is 0 Å². The summed E-state index contributed by atoms with van der Waals surface area (Å²) in [5, 5.41) is 18.6. The molecule has 0 amide bonds.